The smallest absolute Gasteiger partial charge is 0.262 e. The van der Waals surface area contributed by atoms with Crippen molar-refractivity contribution in [3.05, 3.63) is 59.4 Å². The van der Waals surface area contributed by atoms with Gasteiger partial charge >= 0.3 is 0 Å². The fraction of sp³-hybridized carbons (Fsp3) is 0.409. The maximum absolute atomic E-state index is 13.7. The Morgan fingerprint density at radius 3 is 2.53 bits per heavy atom. The van der Waals surface area contributed by atoms with E-state index in [0.29, 0.717) is 16.9 Å². The van der Waals surface area contributed by atoms with Gasteiger partial charge in [-0.15, -0.1) is 0 Å². The van der Waals surface area contributed by atoms with Crippen molar-refractivity contribution in [2.24, 2.45) is 5.41 Å². The van der Waals surface area contributed by atoms with Crippen molar-refractivity contribution >= 4 is 15.9 Å². The van der Waals surface area contributed by atoms with E-state index < -0.39 is 33.5 Å². The minimum atomic E-state index is -4.17. The number of aliphatic hydroxyl groups is 1. The van der Waals surface area contributed by atoms with Crippen LogP contribution in [0.25, 0.3) is 0 Å². The summed E-state index contributed by atoms with van der Waals surface area (Å²) in [6, 6.07) is 9.10. The Balaban J connectivity index is 1.83. The number of carbonyl (C=O) groups is 1. The van der Waals surface area contributed by atoms with Gasteiger partial charge in [0.1, 0.15) is 24.2 Å². The number of sulfonamides is 1. The first-order chi connectivity index (χ1) is 15.0. The van der Waals surface area contributed by atoms with Crippen molar-refractivity contribution in [2.45, 2.75) is 50.8 Å². The molecule has 8 nitrogen and oxygen atoms in total. The van der Waals surface area contributed by atoms with Crippen LogP contribution >= 0.6 is 0 Å². The molecular weight excluding hydrogens is 439 g/mol. The summed E-state index contributed by atoms with van der Waals surface area (Å²) in [5, 5.41) is 19.4. The first-order valence-electron chi connectivity index (χ1n) is 10.1. The molecule has 0 bridgehead atoms. The monoisotopic (exact) mass is 466 g/mol. The lowest BCUT2D eigenvalue weighted by Crippen LogP contribution is -2.62. The topological polar surface area (TPSA) is 116 Å². The highest BCUT2D eigenvalue weighted by Crippen LogP contribution is 2.38. The number of nitrogens with one attached hydrogen (secondary N) is 1. The number of halogens is 1. The van der Waals surface area contributed by atoms with Crippen LogP contribution in [0, 0.1) is 18.2 Å². The molecule has 0 saturated carbocycles. The van der Waals surface area contributed by atoms with E-state index in [1.165, 1.54) is 35.8 Å². The quantitative estimate of drug-likeness (QED) is 0.445. The molecule has 1 amide bonds. The second kappa shape index (κ2) is 9.14. The number of hydrogen-bond donors (Lipinski definition) is 3. The minimum Gasteiger partial charge on any atom is -0.489 e. The number of ether oxygens (including phenoxy) is 1. The molecule has 1 heterocycles. The van der Waals surface area contributed by atoms with E-state index in [1.807, 2.05) is 0 Å². The maximum Gasteiger partial charge on any atom is 0.262 e. The molecule has 2 aromatic carbocycles. The summed E-state index contributed by atoms with van der Waals surface area (Å²) in [6.45, 7) is 4.80. The van der Waals surface area contributed by atoms with E-state index in [2.05, 4.69) is 0 Å². The number of aliphatic hydroxyl groups excluding tert-OH is 1. The zero-order valence-electron chi connectivity index (χ0n) is 18.1. The zero-order valence-corrected chi connectivity index (χ0v) is 18.9. The van der Waals surface area contributed by atoms with Gasteiger partial charge in [0, 0.05) is 6.54 Å². The Labute approximate surface area is 186 Å². The largest absolute Gasteiger partial charge is 0.489 e. The Hall–Kier alpha value is -2.53. The number of rotatable bonds is 6. The molecule has 174 valence electrons. The van der Waals surface area contributed by atoms with Gasteiger partial charge in [-0.3, -0.25) is 10.0 Å². The Kier molecular flexibility index (Phi) is 6.89. The van der Waals surface area contributed by atoms with Crippen molar-refractivity contribution in [2.75, 3.05) is 6.54 Å². The lowest BCUT2D eigenvalue weighted by Gasteiger charge is -2.45. The number of β-amino-alcohol motifs (C(OH)–C–C–N with tert-alkyl or cyclic N) is 1. The van der Waals surface area contributed by atoms with Crippen molar-refractivity contribution in [1.82, 2.24) is 9.79 Å². The minimum absolute atomic E-state index is 0.0903. The van der Waals surface area contributed by atoms with Gasteiger partial charge in [-0.05, 0) is 60.2 Å². The van der Waals surface area contributed by atoms with Gasteiger partial charge in [0.25, 0.3) is 5.91 Å². The SMILES string of the molecule is Cc1c(F)cccc1COc1ccc(S(=O)(=O)N2C[C@H](O)CC(C)(C)C2C(=O)NO)cc1. The van der Waals surface area contributed by atoms with Crippen LogP contribution in [0.4, 0.5) is 4.39 Å². The Bertz CT molecular complexity index is 1090. The van der Waals surface area contributed by atoms with Gasteiger partial charge in [-0.2, -0.15) is 4.31 Å². The highest BCUT2D eigenvalue weighted by molar-refractivity contribution is 7.89. The molecule has 0 aliphatic carbocycles. The van der Waals surface area contributed by atoms with Crippen LogP contribution in [0.2, 0.25) is 0 Å². The fourth-order valence-corrected chi connectivity index (χ4v) is 5.86. The summed E-state index contributed by atoms with van der Waals surface area (Å²) >= 11 is 0. The van der Waals surface area contributed by atoms with Gasteiger partial charge in [0.05, 0.1) is 11.0 Å². The number of benzene rings is 2. The number of amides is 1. The fourth-order valence-electron chi connectivity index (χ4n) is 4.08. The first kappa shape index (κ1) is 24.1. The average Bonchev–Trinajstić information content (AvgIpc) is 2.73. The number of nitrogens with zero attached hydrogens (tertiary/aromatic N) is 1. The predicted octanol–water partition coefficient (Wildman–Crippen LogP) is 2.37. The van der Waals surface area contributed by atoms with Gasteiger partial charge in [-0.25, -0.2) is 18.3 Å². The van der Waals surface area contributed by atoms with E-state index >= 15 is 0 Å². The summed E-state index contributed by atoms with van der Waals surface area (Å²) in [7, 11) is -4.17. The molecular formula is C22H27FN2O6S. The summed E-state index contributed by atoms with van der Waals surface area (Å²) in [4.78, 5) is 12.2. The molecule has 0 radical (unpaired) electrons. The van der Waals surface area contributed by atoms with Crippen LogP contribution in [0.5, 0.6) is 5.75 Å². The number of hydroxylamine groups is 1. The standard InChI is InChI=1S/C22H27FN2O6S/c1-14-15(5-4-6-19(14)23)13-31-17-7-9-18(10-8-17)32(29,30)25-12-16(26)11-22(2,3)20(25)21(27)24-28/h4-10,16,20,26,28H,11-13H2,1-3H3,(H,24,27)/t16-,20?/m1/s1. The second-order valence-corrected chi connectivity index (χ2v) is 10.5. The van der Waals surface area contributed by atoms with Crippen LogP contribution in [-0.2, 0) is 21.4 Å². The molecule has 32 heavy (non-hydrogen) atoms. The number of piperidine rings is 1. The lowest BCUT2D eigenvalue weighted by molar-refractivity contribution is -0.140. The van der Waals surface area contributed by atoms with Gasteiger partial charge in [-0.1, -0.05) is 26.0 Å². The maximum atomic E-state index is 13.7. The highest BCUT2D eigenvalue weighted by Gasteiger charge is 2.50. The first-order valence-corrected chi connectivity index (χ1v) is 11.5. The van der Waals surface area contributed by atoms with Crippen LogP contribution in [0.1, 0.15) is 31.4 Å². The summed E-state index contributed by atoms with van der Waals surface area (Å²) in [5.41, 5.74) is 1.77. The molecule has 2 atom stereocenters. The molecule has 1 aliphatic rings. The van der Waals surface area contributed by atoms with Crippen LogP contribution in [-0.4, -0.2) is 47.6 Å². The van der Waals surface area contributed by atoms with Gasteiger partial charge in [0.2, 0.25) is 10.0 Å². The van der Waals surface area contributed by atoms with E-state index in [0.717, 1.165) is 4.31 Å². The zero-order chi connectivity index (χ0) is 23.7. The molecule has 3 rings (SSSR count). The Morgan fingerprint density at radius 1 is 1.25 bits per heavy atom. The molecule has 10 heteroatoms. The van der Waals surface area contributed by atoms with Gasteiger partial charge < -0.3 is 9.84 Å². The molecule has 0 aromatic heterocycles. The van der Waals surface area contributed by atoms with Gasteiger partial charge in [0.15, 0.2) is 0 Å². The molecule has 1 saturated heterocycles. The summed E-state index contributed by atoms with van der Waals surface area (Å²) < 4.78 is 46.8. The van der Waals surface area contributed by atoms with Crippen molar-refractivity contribution in [3.8, 4) is 5.75 Å². The predicted molar refractivity (Wildman–Crippen MR) is 114 cm³/mol. The molecule has 3 N–H and O–H groups in total. The molecule has 1 unspecified atom stereocenters. The van der Waals surface area contributed by atoms with Crippen molar-refractivity contribution in [1.29, 1.82) is 0 Å². The average molecular weight is 467 g/mol. The van der Waals surface area contributed by atoms with Crippen molar-refractivity contribution < 1.29 is 32.7 Å². The lowest BCUT2D eigenvalue weighted by atomic mass is 9.76. The third kappa shape index (κ3) is 4.78. The third-order valence-electron chi connectivity index (χ3n) is 5.74. The second-order valence-electron chi connectivity index (χ2n) is 8.58. The Morgan fingerprint density at radius 2 is 1.91 bits per heavy atom. The molecule has 0 spiro atoms. The van der Waals surface area contributed by atoms with Crippen LogP contribution in [0.15, 0.2) is 47.4 Å². The molecule has 2 aromatic rings. The number of carbonyl (C=O) groups excluding carboxylic acids is 1. The van der Waals surface area contributed by atoms with Crippen LogP contribution < -0.4 is 10.2 Å². The van der Waals surface area contributed by atoms with Crippen molar-refractivity contribution in [3.63, 3.8) is 0 Å². The highest BCUT2D eigenvalue weighted by atomic mass is 32.2. The van der Waals surface area contributed by atoms with E-state index in [-0.39, 0.29) is 30.3 Å². The van der Waals surface area contributed by atoms with E-state index in [4.69, 9.17) is 9.94 Å². The van der Waals surface area contributed by atoms with E-state index in [9.17, 15) is 22.7 Å². The third-order valence-corrected chi connectivity index (χ3v) is 7.59. The van der Waals surface area contributed by atoms with Crippen LogP contribution in [0.3, 0.4) is 0 Å². The normalized spacial score (nSPS) is 21.2. The summed E-state index contributed by atoms with van der Waals surface area (Å²) in [5.74, 6) is -0.812. The number of hydrogen-bond acceptors (Lipinski definition) is 6. The molecule has 1 fully saturated rings. The summed E-state index contributed by atoms with van der Waals surface area (Å²) in [6.07, 6.45) is -0.761. The van der Waals surface area contributed by atoms with E-state index in [1.54, 1.807) is 32.9 Å². The molecule has 1 aliphatic heterocycles.